The van der Waals surface area contributed by atoms with E-state index < -0.39 is 5.97 Å². The van der Waals surface area contributed by atoms with Crippen LogP contribution < -0.4 is 4.80 Å². The van der Waals surface area contributed by atoms with Crippen LogP contribution in [0.25, 0.3) is 10.2 Å². The molecular weight excluding hydrogens is 408 g/mol. The number of hydrogen-bond acceptors (Lipinski definition) is 6. The molecule has 150 valence electrons. The third kappa shape index (κ3) is 4.65. The van der Waals surface area contributed by atoms with E-state index in [2.05, 4.69) is 4.99 Å². The number of rotatable bonds is 6. The number of carbonyl (C=O) groups excluding carboxylic acids is 3. The van der Waals surface area contributed by atoms with Gasteiger partial charge in [0.15, 0.2) is 10.6 Å². The van der Waals surface area contributed by atoms with E-state index in [0.717, 1.165) is 16.0 Å². The van der Waals surface area contributed by atoms with E-state index in [1.807, 2.05) is 16.9 Å². The zero-order chi connectivity index (χ0) is 21.0. The maximum atomic E-state index is 12.7. The molecule has 29 heavy (non-hydrogen) atoms. The van der Waals surface area contributed by atoms with Crippen molar-refractivity contribution in [3.05, 3.63) is 64.0 Å². The van der Waals surface area contributed by atoms with Gasteiger partial charge in [-0.3, -0.25) is 9.59 Å². The zero-order valence-electron chi connectivity index (χ0n) is 16.3. The van der Waals surface area contributed by atoms with Gasteiger partial charge >= 0.3 is 5.97 Å². The summed E-state index contributed by atoms with van der Waals surface area (Å²) in [7, 11) is 1.34. The van der Waals surface area contributed by atoms with Crippen molar-refractivity contribution in [1.29, 1.82) is 0 Å². The predicted molar refractivity (Wildman–Crippen MR) is 116 cm³/mol. The summed E-state index contributed by atoms with van der Waals surface area (Å²) in [6.45, 7) is 2.17. The van der Waals surface area contributed by atoms with Crippen LogP contribution in [0.2, 0.25) is 0 Å². The number of ether oxygens (including phenoxy) is 1. The predicted octanol–water partition coefficient (Wildman–Crippen LogP) is 3.80. The molecule has 0 saturated carbocycles. The number of ketones is 1. The lowest BCUT2D eigenvalue weighted by Gasteiger charge is -2.04. The highest BCUT2D eigenvalue weighted by atomic mass is 32.2. The van der Waals surface area contributed by atoms with Crippen molar-refractivity contribution in [2.24, 2.45) is 4.99 Å². The number of fused-ring (bicyclic) bond motifs is 1. The molecule has 6 nitrogen and oxygen atoms in total. The fourth-order valence-corrected chi connectivity index (χ4v) is 4.26. The van der Waals surface area contributed by atoms with Gasteiger partial charge in [-0.05, 0) is 43.5 Å². The summed E-state index contributed by atoms with van der Waals surface area (Å²) in [5.74, 6) is 0.0230. The number of hydrogen-bond donors (Lipinski definition) is 0. The first kappa shape index (κ1) is 21.0. The van der Waals surface area contributed by atoms with Crippen LogP contribution in [-0.4, -0.2) is 41.3 Å². The summed E-state index contributed by atoms with van der Waals surface area (Å²) >= 11 is 3.05. The van der Waals surface area contributed by atoms with Crippen molar-refractivity contribution in [2.45, 2.75) is 13.5 Å². The number of aryl methyl sites for hydroxylation is 1. The fraction of sp³-hybridized carbons (Fsp3) is 0.238. The molecule has 0 unspecified atom stereocenters. The van der Waals surface area contributed by atoms with Gasteiger partial charge in [-0.25, -0.2) is 4.79 Å². The van der Waals surface area contributed by atoms with E-state index >= 15 is 0 Å². The molecule has 0 radical (unpaired) electrons. The Bertz CT molecular complexity index is 1140. The standard InChI is InChI=1S/C21H20N2O4S2/c1-13(24)14-4-6-15(7-5-14)19(25)22-21-23(10-11-28-3)17-9-8-16(20(26)27-2)12-18(17)29-21/h4-9,12H,10-11H2,1-3H3. The van der Waals surface area contributed by atoms with Gasteiger partial charge in [-0.2, -0.15) is 16.8 Å². The van der Waals surface area contributed by atoms with Crippen LogP contribution in [0.1, 0.15) is 38.0 Å². The molecule has 0 bridgehead atoms. The topological polar surface area (TPSA) is 77.7 Å². The fourth-order valence-electron chi connectivity index (χ4n) is 2.80. The SMILES string of the molecule is COC(=O)c1ccc2c(c1)sc(=NC(=O)c1ccc(C(C)=O)cc1)n2CCSC. The van der Waals surface area contributed by atoms with E-state index in [0.29, 0.717) is 28.0 Å². The Labute approximate surface area is 176 Å². The van der Waals surface area contributed by atoms with Crippen LogP contribution in [0, 0.1) is 0 Å². The molecule has 0 aliphatic heterocycles. The molecule has 3 rings (SSSR count). The second kappa shape index (κ2) is 9.19. The lowest BCUT2D eigenvalue weighted by Crippen LogP contribution is -2.18. The number of esters is 1. The largest absolute Gasteiger partial charge is 0.465 e. The van der Waals surface area contributed by atoms with E-state index in [1.165, 1.54) is 25.4 Å². The molecule has 1 aromatic heterocycles. The minimum atomic E-state index is -0.406. The Morgan fingerprint density at radius 3 is 2.34 bits per heavy atom. The van der Waals surface area contributed by atoms with Crippen molar-refractivity contribution in [2.75, 3.05) is 19.1 Å². The Morgan fingerprint density at radius 2 is 1.72 bits per heavy atom. The second-order valence-electron chi connectivity index (χ2n) is 6.25. The molecule has 1 heterocycles. The Hall–Kier alpha value is -2.71. The van der Waals surface area contributed by atoms with Crippen LogP contribution in [0.3, 0.4) is 0 Å². The van der Waals surface area contributed by atoms with Gasteiger partial charge in [-0.15, -0.1) is 0 Å². The quantitative estimate of drug-likeness (QED) is 0.441. The van der Waals surface area contributed by atoms with Crippen molar-refractivity contribution in [3.63, 3.8) is 0 Å². The first-order valence-corrected chi connectivity index (χ1v) is 11.1. The van der Waals surface area contributed by atoms with Crippen LogP contribution in [-0.2, 0) is 11.3 Å². The molecule has 1 amide bonds. The number of thioether (sulfide) groups is 1. The van der Waals surface area contributed by atoms with Crippen LogP contribution >= 0.6 is 23.1 Å². The molecule has 2 aromatic carbocycles. The smallest absolute Gasteiger partial charge is 0.337 e. The average Bonchev–Trinajstić information content (AvgIpc) is 3.07. The number of aromatic nitrogens is 1. The summed E-state index contributed by atoms with van der Waals surface area (Å²) in [4.78, 5) is 40.8. The Balaban J connectivity index is 2.06. The van der Waals surface area contributed by atoms with E-state index in [-0.39, 0.29) is 11.7 Å². The van der Waals surface area contributed by atoms with Gasteiger partial charge in [0, 0.05) is 23.4 Å². The van der Waals surface area contributed by atoms with E-state index in [1.54, 1.807) is 48.2 Å². The first-order valence-electron chi connectivity index (χ1n) is 8.85. The van der Waals surface area contributed by atoms with E-state index in [9.17, 15) is 14.4 Å². The molecular formula is C21H20N2O4S2. The molecule has 8 heteroatoms. The minimum Gasteiger partial charge on any atom is -0.465 e. The molecule has 0 aliphatic carbocycles. The molecule has 0 atom stereocenters. The maximum absolute atomic E-state index is 12.7. The number of Topliss-reactive ketones (excluding diaryl/α,β-unsaturated/α-hetero) is 1. The highest BCUT2D eigenvalue weighted by molar-refractivity contribution is 7.98. The van der Waals surface area contributed by atoms with Crippen molar-refractivity contribution < 1.29 is 19.1 Å². The van der Waals surface area contributed by atoms with Crippen LogP contribution in [0.5, 0.6) is 0 Å². The summed E-state index contributed by atoms with van der Waals surface area (Å²) in [5, 5.41) is 0. The third-order valence-corrected chi connectivity index (χ3v) is 5.99. The summed E-state index contributed by atoms with van der Waals surface area (Å²) in [5.41, 5.74) is 2.33. The van der Waals surface area contributed by atoms with Crippen molar-refractivity contribution >= 4 is 51.0 Å². The monoisotopic (exact) mass is 428 g/mol. The van der Waals surface area contributed by atoms with Gasteiger partial charge in [0.05, 0.1) is 22.9 Å². The normalized spacial score (nSPS) is 11.6. The van der Waals surface area contributed by atoms with Crippen LogP contribution in [0.15, 0.2) is 47.5 Å². The van der Waals surface area contributed by atoms with Crippen molar-refractivity contribution in [1.82, 2.24) is 4.57 Å². The molecule has 0 saturated heterocycles. The number of amides is 1. The summed E-state index contributed by atoms with van der Waals surface area (Å²) in [6, 6.07) is 11.8. The van der Waals surface area contributed by atoms with Gasteiger partial charge in [0.25, 0.3) is 5.91 Å². The molecule has 0 spiro atoms. The van der Waals surface area contributed by atoms with E-state index in [4.69, 9.17) is 4.74 Å². The Morgan fingerprint density at radius 1 is 1.07 bits per heavy atom. The number of methoxy groups -OCH3 is 1. The van der Waals surface area contributed by atoms with Gasteiger partial charge < -0.3 is 9.30 Å². The number of thiazole rings is 1. The first-order chi connectivity index (χ1) is 13.9. The van der Waals surface area contributed by atoms with Gasteiger partial charge in [0.1, 0.15) is 0 Å². The number of benzene rings is 2. The van der Waals surface area contributed by atoms with Gasteiger partial charge in [0.2, 0.25) is 0 Å². The minimum absolute atomic E-state index is 0.0539. The highest BCUT2D eigenvalue weighted by Gasteiger charge is 2.13. The Kier molecular flexibility index (Phi) is 6.66. The number of carbonyl (C=O) groups is 3. The molecule has 0 aliphatic rings. The highest BCUT2D eigenvalue weighted by Crippen LogP contribution is 2.20. The van der Waals surface area contributed by atoms with Gasteiger partial charge in [-0.1, -0.05) is 23.5 Å². The lowest BCUT2D eigenvalue weighted by molar-refractivity contribution is 0.0600. The average molecular weight is 429 g/mol. The molecule has 0 fully saturated rings. The second-order valence-corrected chi connectivity index (χ2v) is 8.25. The lowest BCUT2D eigenvalue weighted by atomic mass is 10.1. The zero-order valence-corrected chi connectivity index (χ0v) is 17.9. The van der Waals surface area contributed by atoms with Crippen molar-refractivity contribution in [3.8, 4) is 0 Å². The summed E-state index contributed by atoms with van der Waals surface area (Å²) in [6.07, 6.45) is 2.02. The number of nitrogens with zero attached hydrogens (tertiary/aromatic N) is 2. The third-order valence-electron chi connectivity index (χ3n) is 4.36. The van der Waals surface area contributed by atoms with Crippen LogP contribution in [0.4, 0.5) is 0 Å². The molecule has 0 N–H and O–H groups in total. The molecule has 3 aromatic rings. The summed E-state index contributed by atoms with van der Waals surface area (Å²) < 4.78 is 7.63. The maximum Gasteiger partial charge on any atom is 0.337 e.